The van der Waals surface area contributed by atoms with Crippen molar-refractivity contribution < 1.29 is 14.3 Å². The number of thiophene rings is 1. The van der Waals surface area contributed by atoms with Gasteiger partial charge in [-0.25, -0.2) is 19.7 Å². The van der Waals surface area contributed by atoms with Crippen molar-refractivity contribution >= 4 is 50.9 Å². The normalized spacial score (nSPS) is 14.2. The summed E-state index contributed by atoms with van der Waals surface area (Å²) in [5.74, 6) is 1.39. The molecule has 0 bridgehead atoms. The van der Waals surface area contributed by atoms with Crippen LogP contribution in [0.25, 0.3) is 10.2 Å². The first-order valence-electron chi connectivity index (χ1n) is 11.0. The molecule has 176 valence electrons. The van der Waals surface area contributed by atoms with Crippen LogP contribution in [0.4, 0.5) is 11.8 Å². The molecule has 4 rings (SSSR count). The lowest BCUT2D eigenvalue weighted by Gasteiger charge is -2.28. The molecule has 0 amide bonds. The molecule has 0 N–H and O–H groups in total. The lowest BCUT2D eigenvalue weighted by Crippen LogP contribution is -2.36. The fourth-order valence-electron chi connectivity index (χ4n) is 3.65. The number of fused-ring (bicyclic) bond motifs is 1. The Morgan fingerprint density at radius 1 is 1.27 bits per heavy atom. The smallest absolute Gasteiger partial charge is 0.341 e. The highest BCUT2D eigenvalue weighted by molar-refractivity contribution is 7.19. The van der Waals surface area contributed by atoms with Crippen LogP contribution < -0.4 is 9.80 Å². The Morgan fingerprint density at radius 3 is 2.67 bits per heavy atom. The molecule has 1 saturated heterocycles. The molecule has 1 fully saturated rings. The zero-order chi connectivity index (χ0) is 23.4. The lowest BCUT2D eigenvalue weighted by molar-refractivity contribution is 0.0525. The number of hydrogen-bond donors (Lipinski definition) is 0. The Bertz CT molecular complexity index is 1100. The van der Waals surface area contributed by atoms with Gasteiger partial charge in [-0.2, -0.15) is 4.98 Å². The average Bonchev–Trinajstić information content (AvgIpc) is 3.20. The van der Waals surface area contributed by atoms with Crippen molar-refractivity contribution in [3.05, 3.63) is 34.2 Å². The van der Waals surface area contributed by atoms with Crippen molar-refractivity contribution in [2.75, 3.05) is 49.3 Å². The molecule has 1 aliphatic heterocycles. The third-order valence-electron chi connectivity index (χ3n) is 5.05. The van der Waals surface area contributed by atoms with Gasteiger partial charge in [-0.05, 0) is 30.5 Å². The molecule has 0 radical (unpaired) electrons. The maximum atomic E-state index is 11.9. The summed E-state index contributed by atoms with van der Waals surface area (Å²) in [4.78, 5) is 35.2. The maximum absolute atomic E-state index is 11.9. The van der Waals surface area contributed by atoms with E-state index in [1.165, 1.54) is 12.4 Å². The molecule has 4 heterocycles. The molecule has 11 heteroatoms. The summed E-state index contributed by atoms with van der Waals surface area (Å²) < 4.78 is 11.5. The van der Waals surface area contributed by atoms with Crippen molar-refractivity contribution in [3.63, 3.8) is 0 Å². The van der Waals surface area contributed by atoms with E-state index in [1.54, 1.807) is 18.3 Å². The molecule has 3 aromatic rings. The van der Waals surface area contributed by atoms with Gasteiger partial charge in [0.05, 0.1) is 42.1 Å². The number of carbonyl (C=O) groups is 1. The minimum atomic E-state index is -0.421. The van der Waals surface area contributed by atoms with E-state index in [0.29, 0.717) is 43.8 Å². The minimum Gasteiger partial charge on any atom is -0.462 e. The highest BCUT2D eigenvalue weighted by Crippen LogP contribution is 2.34. The molecule has 0 spiro atoms. The fraction of sp³-hybridized carbons (Fsp3) is 0.500. The number of carbonyl (C=O) groups excluding carboxylic acids is 1. The maximum Gasteiger partial charge on any atom is 0.341 e. The first kappa shape index (κ1) is 23.6. The predicted octanol–water partition coefficient (Wildman–Crippen LogP) is 3.81. The predicted molar refractivity (Wildman–Crippen MR) is 129 cm³/mol. The molecule has 3 aromatic heterocycles. The summed E-state index contributed by atoms with van der Waals surface area (Å²) >= 11 is 7.90. The monoisotopic (exact) mass is 490 g/mol. The molecule has 0 atom stereocenters. The molecular formula is C22H27ClN6O3S. The third kappa shape index (κ3) is 5.69. The van der Waals surface area contributed by atoms with Crippen LogP contribution in [-0.2, 0) is 16.0 Å². The number of nitrogens with zero attached hydrogens (tertiary/aromatic N) is 6. The summed E-state index contributed by atoms with van der Waals surface area (Å²) in [5.41, 5.74) is 1.17. The molecule has 33 heavy (non-hydrogen) atoms. The number of halogens is 1. The summed E-state index contributed by atoms with van der Waals surface area (Å²) in [7, 11) is 0. The van der Waals surface area contributed by atoms with E-state index < -0.39 is 5.97 Å². The van der Waals surface area contributed by atoms with Crippen LogP contribution in [0.15, 0.2) is 18.5 Å². The molecule has 0 aromatic carbocycles. The molecule has 0 unspecified atom stereocenters. The van der Waals surface area contributed by atoms with E-state index in [1.807, 2.05) is 0 Å². The standard InChI is InChI=1S/C22H27ClN6O3S/c1-4-32-20(30)15-10-24-22(25-11-15)29(12-14(2)3)13-16-9-17-18(33-16)19(27-21(23)26-17)28-5-7-31-8-6-28/h9-11,14H,4-8,12-13H2,1-3H3. The second-order valence-corrected chi connectivity index (χ2v) is 9.58. The van der Waals surface area contributed by atoms with Crippen LogP contribution in [-0.4, -0.2) is 65.4 Å². The Hall–Kier alpha value is -2.56. The summed E-state index contributed by atoms with van der Waals surface area (Å²) in [5, 5.41) is 0.241. The zero-order valence-electron chi connectivity index (χ0n) is 19.0. The van der Waals surface area contributed by atoms with Gasteiger partial charge in [0.15, 0.2) is 5.82 Å². The van der Waals surface area contributed by atoms with Crippen molar-refractivity contribution in [2.45, 2.75) is 27.3 Å². The fourth-order valence-corrected chi connectivity index (χ4v) is 4.95. The Labute approximate surface area is 201 Å². The number of morpholine rings is 1. The molecule has 1 aliphatic rings. The minimum absolute atomic E-state index is 0.241. The zero-order valence-corrected chi connectivity index (χ0v) is 20.5. The largest absolute Gasteiger partial charge is 0.462 e. The van der Waals surface area contributed by atoms with E-state index in [9.17, 15) is 4.79 Å². The second-order valence-electron chi connectivity index (χ2n) is 8.11. The highest BCUT2D eigenvalue weighted by atomic mass is 35.5. The van der Waals surface area contributed by atoms with Crippen LogP contribution in [0.3, 0.4) is 0 Å². The first-order chi connectivity index (χ1) is 15.9. The van der Waals surface area contributed by atoms with E-state index in [0.717, 1.165) is 40.5 Å². The van der Waals surface area contributed by atoms with Crippen LogP contribution in [0, 0.1) is 5.92 Å². The average molecular weight is 491 g/mol. The second kappa shape index (κ2) is 10.6. The van der Waals surface area contributed by atoms with E-state index in [-0.39, 0.29) is 5.28 Å². The summed E-state index contributed by atoms with van der Waals surface area (Å²) in [6.45, 7) is 10.6. The van der Waals surface area contributed by atoms with Gasteiger partial charge < -0.3 is 19.3 Å². The molecular weight excluding hydrogens is 464 g/mol. The van der Waals surface area contributed by atoms with Gasteiger partial charge in [0.1, 0.15) is 0 Å². The first-order valence-corrected chi connectivity index (χ1v) is 12.2. The SMILES string of the molecule is CCOC(=O)c1cnc(N(Cc2cc3nc(Cl)nc(N4CCOCC4)c3s2)CC(C)C)nc1. The van der Waals surface area contributed by atoms with Crippen molar-refractivity contribution in [1.82, 2.24) is 19.9 Å². The number of aromatic nitrogens is 4. The van der Waals surface area contributed by atoms with Gasteiger partial charge in [-0.3, -0.25) is 0 Å². The van der Waals surface area contributed by atoms with Gasteiger partial charge in [0.2, 0.25) is 11.2 Å². The number of hydrogen-bond acceptors (Lipinski definition) is 10. The van der Waals surface area contributed by atoms with E-state index in [2.05, 4.69) is 49.6 Å². The number of ether oxygens (including phenoxy) is 2. The Kier molecular flexibility index (Phi) is 7.56. The van der Waals surface area contributed by atoms with Gasteiger partial charge in [-0.1, -0.05) is 13.8 Å². The number of esters is 1. The quantitative estimate of drug-likeness (QED) is 0.345. The summed E-state index contributed by atoms with van der Waals surface area (Å²) in [6.07, 6.45) is 3.03. The highest BCUT2D eigenvalue weighted by Gasteiger charge is 2.21. The Balaban J connectivity index is 1.61. The number of rotatable bonds is 8. The van der Waals surface area contributed by atoms with Crippen molar-refractivity contribution in [2.24, 2.45) is 5.92 Å². The molecule has 0 saturated carbocycles. The lowest BCUT2D eigenvalue weighted by atomic mass is 10.2. The van der Waals surface area contributed by atoms with Crippen LogP contribution in [0.5, 0.6) is 0 Å². The molecule has 9 nitrogen and oxygen atoms in total. The van der Waals surface area contributed by atoms with E-state index >= 15 is 0 Å². The van der Waals surface area contributed by atoms with Gasteiger partial charge in [0, 0.05) is 36.9 Å². The van der Waals surface area contributed by atoms with Crippen molar-refractivity contribution in [1.29, 1.82) is 0 Å². The topological polar surface area (TPSA) is 93.6 Å². The van der Waals surface area contributed by atoms with Gasteiger partial charge in [0.25, 0.3) is 0 Å². The molecule has 0 aliphatic carbocycles. The third-order valence-corrected chi connectivity index (χ3v) is 6.33. The van der Waals surface area contributed by atoms with Gasteiger partial charge in [-0.15, -0.1) is 11.3 Å². The van der Waals surface area contributed by atoms with Crippen LogP contribution in [0.2, 0.25) is 5.28 Å². The number of anilines is 2. The summed E-state index contributed by atoms with van der Waals surface area (Å²) in [6, 6.07) is 2.05. The van der Waals surface area contributed by atoms with Crippen LogP contribution in [0.1, 0.15) is 36.0 Å². The van der Waals surface area contributed by atoms with E-state index in [4.69, 9.17) is 21.1 Å². The van der Waals surface area contributed by atoms with Gasteiger partial charge >= 0.3 is 5.97 Å². The van der Waals surface area contributed by atoms with Crippen molar-refractivity contribution in [3.8, 4) is 0 Å². The Morgan fingerprint density at radius 2 is 2.00 bits per heavy atom. The van der Waals surface area contributed by atoms with Crippen LogP contribution >= 0.6 is 22.9 Å².